The van der Waals surface area contributed by atoms with Crippen LogP contribution in [0.4, 0.5) is 4.39 Å². The van der Waals surface area contributed by atoms with Crippen LogP contribution >= 0.6 is 39.3 Å². The van der Waals surface area contributed by atoms with E-state index in [1.165, 1.54) is 23.9 Å². The third kappa shape index (κ3) is 4.33. The molecule has 0 aliphatic rings. The Morgan fingerprint density at radius 2 is 1.90 bits per heavy atom. The van der Waals surface area contributed by atoms with Gasteiger partial charge in [-0.2, -0.15) is 0 Å². The van der Waals surface area contributed by atoms with Gasteiger partial charge >= 0.3 is 0 Å². The quantitative estimate of drug-likeness (QED) is 0.675. The molecule has 0 fully saturated rings. The van der Waals surface area contributed by atoms with Crippen LogP contribution in [0.25, 0.3) is 0 Å². The Morgan fingerprint density at radius 3 is 2.55 bits per heavy atom. The Bertz CT molecular complexity index is 596. The molecule has 2 aromatic carbocycles. The van der Waals surface area contributed by atoms with Crippen LogP contribution in [0.3, 0.4) is 0 Å². The van der Waals surface area contributed by atoms with E-state index in [4.69, 9.17) is 11.6 Å². The highest BCUT2D eigenvalue weighted by molar-refractivity contribution is 9.10. The van der Waals surface area contributed by atoms with Gasteiger partial charge in [0.2, 0.25) is 0 Å². The molecule has 0 spiro atoms. The molecule has 0 amide bonds. The Hall–Kier alpha value is -0.840. The van der Waals surface area contributed by atoms with Crippen molar-refractivity contribution < 1.29 is 9.18 Å². The molecule has 0 heterocycles. The number of hydrogen-bond donors (Lipinski definition) is 0. The molecule has 5 heteroatoms. The van der Waals surface area contributed by atoms with Crippen LogP contribution in [0.2, 0.25) is 5.02 Å². The van der Waals surface area contributed by atoms with Crippen molar-refractivity contribution in [1.82, 2.24) is 0 Å². The van der Waals surface area contributed by atoms with E-state index in [2.05, 4.69) is 15.9 Å². The lowest BCUT2D eigenvalue weighted by Gasteiger charge is -2.05. The molecule has 0 unspecified atom stereocenters. The zero-order valence-corrected chi connectivity index (χ0v) is 13.6. The predicted molar refractivity (Wildman–Crippen MR) is 85.0 cm³/mol. The van der Waals surface area contributed by atoms with Gasteiger partial charge in [-0.3, -0.25) is 4.79 Å². The van der Waals surface area contributed by atoms with Gasteiger partial charge in [0.1, 0.15) is 11.6 Å². The fourth-order valence-electron chi connectivity index (χ4n) is 1.64. The van der Waals surface area contributed by atoms with E-state index in [-0.39, 0.29) is 17.8 Å². The highest BCUT2D eigenvalue weighted by Gasteiger charge is 2.12. The number of carbonyl (C=O) groups excluding carboxylic acids is 1. The minimum atomic E-state index is -0.431. The average molecular weight is 374 g/mol. The minimum absolute atomic E-state index is 0.0229. The first-order valence-corrected chi connectivity index (χ1v) is 8.05. The van der Waals surface area contributed by atoms with E-state index in [0.29, 0.717) is 10.8 Å². The lowest BCUT2D eigenvalue weighted by Crippen LogP contribution is -2.07. The molecule has 1 nitrogen and oxygen atoms in total. The van der Waals surface area contributed by atoms with E-state index >= 15 is 0 Å². The monoisotopic (exact) mass is 372 g/mol. The molecule has 2 rings (SSSR count). The summed E-state index contributed by atoms with van der Waals surface area (Å²) in [6.07, 6.45) is 0.0229. The van der Waals surface area contributed by atoms with Crippen LogP contribution in [-0.2, 0) is 11.2 Å². The van der Waals surface area contributed by atoms with Gasteiger partial charge in [-0.1, -0.05) is 33.6 Å². The third-order valence-electron chi connectivity index (χ3n) is 2.65. The van der Waals surface area contributed by atoms with Gasteiger partial charge in [0, 0.05) is 26.4 Å². The standard InChI is InChI=1S/C15H11BrClFOS/c16-10-4-6-12(7-5-10)20-9-11(19)8-13-14(17)2-1-3-15(13)18/h1-7H,8-9H2. The molecular formula is C15H11BrClFOS. The summed E-state index contributed by atoms with van der Waals surface area (Å²) in [7, 11) is 0. The Kier molecular flexibility index (Phi) is 5.64. The van der Waals surface area contributed by atoms with E-state index in [9.17, 15) is 9.18 Å². The molecule has 20 heavy (non-hydrogen) atoms. The molecule has 0 radical (unpaired) electrons. The van der Waals surface area contributed by atoms with Gasteiger partial charge in [-0.15, -0.1) is 11.8 Å². The fourth-order valence-corrected chi connectivity index (χ4v) is 2.90. The van der Waals surface area contributed by atoms with E-state index < -0.39 is 5.82 Å². The van der Waals surface area contributed by atoms with Crippen molar-refractivity contribution in [2.75, 3.05) is 5.75 Å². The molecule has 0 aliphatic carbocycles. The molecular weight excluding hydrogens is 363 g/mol. The number of thioether (sulfide) groups is 1. The first-order valence-electron chi connectivity index (χ1n) is 5.89. The number of hydrogen-bond acceptors (Lipinski definition) is 2. The highest BCUT2D eigenvalue weighted by Crippen LogP contribution is 2.23. The summed E-state index contributed by atoms with van der Waals surface area (Å²) in [6.45, 7) is 0. The molecule has 0 N–H and O–H groups in total. The molecule has 0 aliphatic heterocycles. The molecule has 2 aromatic rings. The minimum Gasteiger partial charge on any atom is -0.298 e. The van der Waals surface area contributed by atoms with Gasteiger partial charge in [0.15, 0.2) is 0 Å². The van der Waals surface area contributed by atoms with Crippen LogP contribution in [0, 0.1) is 5.82 Å². The van der Waals surface area contributed by atoms with Gasteiger partial charge in [0.25, 0.3) is 0 Å². The first-order chi connectivity index (χ1) is 9.56. The summed E-state index contributed by atoms with van der Waals surface area (Å²) in [4.78, 5) is 12.9. The predicted octanol–water partition coefficient (Wildman–Crippen LogP) is 5.15. The number of Topliss-reactive ketones (excluding diaryl/α,β-unsaturated/α-hetero) is 1. The van der Waals surface area contributed by atoms with Crippen LogP contribution in [0.5, 0.6) is 0 Å². The second-order valence-electron chi connectivity index (χ2n) is 4.16. The first kappa shape index (κ1) is 15.5. The molecule has 0 bridgehead atoms. The zero-order chi connectivity index (χ0) is 14.5. The molecule has 0 aromatic heterocycles. The van der Waals surface area contributed by atoms with Crippen LogP contribution in [0.15, 0.2) is 51.8 Å². The topological polar surface area (TPSA) is 17.1 Å². The van der Waals surface area contributed by atoms with E-state index in [0.717, 1.165) is 9.37 Å². The number of carbonyl (C=O) groups is 1. The van der Waals surface area contributed by atoms with Gasteiger partial charge < -0.3 is 0 Å². The van der Waals surface area contributed by atoms with Crippen LogP contribution < -0.4 is 0 Å². The summed E-state index contributed by atoms with van der Waals surface area (Å²) in [5.74, 6) is -0.184. The second-order valence-corrected chi connectivity index (χ2v) is 6.53. The number of halogens is 3. The van der Waals surface area contributed by atoms with Crippen molar-refractivity contribution in [2.24, 2.45) is 0 Å². The van der Waals surface area contributed by atoms with Gasteiger partial charge in [-0.05, 0) is 36.4 Å². The van der Waals surface area contributed by atoms with Crippen LogP contribution in [-0.4, -0.2) is 11.5 Å². The van der Waals surface area contributed by atoms with Crippen molar-refractivity contribution in [1.29, 1.82) is 0 Å². The fraction of sp³-hybridized carbons (Fsp3) is 0.133. The smallest absolute Gasteiger partial charge is 0.147 e. The molecule has 0 atom stereocenters. The highest BCUT2D eigenvalue weighted by atomic mass is 79.9. The maximum absolute atomic E-state index is 13.6. The molecule has 0 saturated carbocycles. The normalized spacial score (nSPS) is 10.6. The Labute approximate surface area is 134 Å². The number of rotatable bonds is 5. The summed E-state index contributed by atoms with van der Waals surface area (Å²) in [5, 5.41) is 0.298. The maximum Gasteiger partial charge on any atom is 0.147 e. The molecule has 0 saturated heterocycles. The SMILES string of the molecule is O=C(CSc1ccc(Br)cc1)Cc1c(F)cccc1Cl. The van der Waals surface area contributed by atoms with Crippen molar-refractivity contribution in [3.05, 3.63) is 63.3 Å². The average Bonchev–Trinajstić information content (AvgIpc) is 2.42. The number of benzene rings is 2. The van der Waals surface area contributed by atoms with Gasteiger partial charge in [-0.25, -0.2) is 4.39 Å². The number of ketones is 1. The lowest BCUT2D eigenvalue weighted by atomic mass is 10.1. The Morgan fingerprint density at radius 1 is 1.20 bits per heavy atom. The molecule has 104 valence electrons. The second kappa shape index (κ2) is 7.25. The summed E-state index contributed by atoms with van der Waals surface area (Å²) < 4.78 is 14.6. The van der Waals surface area contributed by atoms with E-state index in [1.54, 1.807) is 6.07 Å². The largest absolute Gasteiger partial charge is 0.298 e. The van der Waals surface area contributed by atoms with Crippen LogP contribution in [0.1, 0.15) is 5.56 Å². The van der Waals surface area contributed by atoms with Gasteiger partial charge in [0.05, 0.1) is 5.75 Å². The van der Waals surface area contributed by atoms with Crippen molar-refractivity contribution >= 4 is 45.1 Å². The van der Waals surface area contributed by atoms with Crippen molar-refractivity contribution in [2.45, 2.75) is 11.3 Å². The van der Waals surface area contributed by atoms with E-state index in [1.807, 2.05) is 24.3 Å². The zero-order valence-electron chi connectivity index (χ0n) is 10.4. The summed E-state index contributed by atoms with van der Waals surface area (Å²) in [6, 6.07) is 12.1. The van der Waals surface area contributed by atoms with Crippen molar-refractivity contribution in [3.8, 4) is 0 Å². The maximum atomic E-state index is 13.6. The third-order valence-corrected chi connectivity index (χ3v) is 4.60. The van der Waals surface area contributed by atoms with Crippen molar-refractivity contribution in [3.63, 3.8) is 0 Å². The summed E-state index contributed by atoms with van der Waals surface area (Å²) in [5.41, 5.74) is 0.274. The lowest BCUT2D eigenvalue weighted by molar-refractivity contribution is -0.116. The summed E-state index contributed by atoms with van der Waals surface area (Å²) >= 11 is 10.7. The Balaban J connectivity index is 1.94.